The van der Waals surface area contributed by atoms with Gasteiger partial charge in [0, 0.05) is 5.69 Å². The Hall–Kier alpha value is -1.46. The van der Waals surface area contributed by atoms with Crippen LogP contribution in [0.25, 0.3) is 0 Å². The highest BCUT2D eigenvalue weighted by Gasteiger charge is 2.01. The summed E-state index contributed by atoms with van der Waals surface area (Å²) in [4.78, 5) is 15.0. The van der Waals surface area contributed by atoms with Crippen molar-refractivity contribution in [2.45, 2.75) is 0 Å². The molecular formula is C8H9FN2O2. The van der Waals surface area contributed by atoms with Gasteiger partial charge in [0.25, 0.3) is 5.91 Å². The highest BCUT2D eigenvalue weighted by atomic mass is 19.1. The molecule has 0 spiro atoms. The van der Waals surface area contributed by atoms with Crippen LogP contribution in [0.3, 0.4) is 0 Å². The third kappa shape index (κ3) is 3.18. The summed E-state index contributed by atoms with van der Waals surface area (Å²) in [6.07, 6.45) is 0. The summed E-state index contributed by atoms with van der Waals surface area (Å²) in [7, 11) is 0. The van der Waals surface area contributed by atoms with Crippen LogP contribution in [0.1, 0.15) is 0 Å². The first kappa shape index (κ1) is 9.63. The van der Waals surface area contributed by atoms with Gasteiger partial charge in [0.2, 0.25) is 0 Å². The van der Waals surface area contributed by atoms with Gasteiger partial charge in [-0.1, -0.05) is 6.07 Å². The first-order valence-electron chi connectivity index (χ1n) is 3.59. The predicted octanol–water partition coefficient (Wildman–Crippen LogP) is 0.654. The van der Waals surface area contributed by atoms with Crippen molar-refractivity contribution in [2.24, 2.45) is 5.90 Å². The van der Waals surface area contributed by atoms with E-state index in [0.29, 0.717) is 5.69 Å². The van der Waals surface area contributed by atoms with Crippen LogP contribution in [0.2, 0.25) is 0 Å². The summed E-state index contributed by atoms with van der Waals surface area (Å²) in [6.45, 7) is -0.253. The molecule has 0 atom stereocenters. The smallest absolute Gasteiger partial charge is 0.252 e. The zero-order chi connectivity index (χ0) is 9.68. The molecule has 1 aromatic carbocycles. The van der Waals surface area contributed by atoms with Gasteiger partial charge in [0.15, 0.2) is 0 Å². The second-order valence-corrected chi connectivity index (χ2v) is 2.37. The number of hydrogen-bond donors (Lipinski definition) is 2. The minimum atomic E-state index is -0.423. The van der Waals surface area contributed by atoms with Gasteiger partial charge in [-0.15, -0.1) is 0 Å². The lowest BCUT2D eigenvalue weighted by Crippen LogP contribution is -2.20. The Morgan fingerprint density at radius 1 is 1.62 bits per heavy atom. The van der Waals surface area contributed by atoms with Crippen molar-refractivity contribution in [3.63, 3.8) is 0 Å². The second kappa shape index (κ2) is 4.54. The minimum Gasteiger partial charge on any atom is -0.324 e. The van der Waals surface area contributed by atoms with E-state index in [4.69, 9.17) is 0 Å². The van der Waals surface area contributed by atoms with E-state index < -0.39 is 11.7 Å². The van der Waals surface area contributed by atoms with E-state index in [0.717, 1.165) is 0 Å². The third-order valence-corrected chi connectivity index (χ3v) is 1.32. The molecule has 0 saturated carbocycles. The van der Waals surface area contributed by atoms with Gasteiger partial charge in [-0.25, -0.2) is 10.3 Å². The van der Waals surface area contributed by atoms with Gasteiger partial charge in [-0.3, -0.25) is 9.63 Å². The normalized spacial score (nSPS) is 9.69. The summed E-state index contributed by atoms with van der Waals surface area (Å²) in [5.41, 5.74) is 0.377. The Morgan fingerprint density at radius 3 is 3.00 bits per heavy atom. The molecule has 5 heteroatoms. The fourth-order valence-electron chi connectivity index (χ4n) is 0.839. The summed E-state index contributed by atoms with van der Waals surface area (Å²) in [6, 6.07) is 5.55. The van der Waals surface area contributed by atoms with Crippen LogP contribution in [0.15, 0.2) is 24.3 Å². The Morgan fingerprint density at radius 2 is 2.38 bits per heavy atom. The van der Waals surface area contributed by atoms with Crippen LogP contribution in [0, 0.1) is 5.82 Å². The number of hydrogen-bond acceptors (Lipinski definition) is 3. The van der Waals surface area contributed by atoms with Gasteiger partial charge >= 0.3 is 0 Å². The molecule has 0 heterocycles. The van der Waals surface area contributed by atoms with E-state index in [-0.39, 0.29) is 6.61 Å². The van der Waals surface area contributed by atoms with Crippen LogP contribution in [-0.2, 0) is 9.63 Å². The van der Waals surface area contributed by atoms with Crippen LogP contribution in [0.4, 0.5) is 10.1 Å². The molecule has 0 aromatic heterocycles. The van der Waals surface area contributed by atoms with Crippen LogP contribution >= 0.6 is 0 Å². The van der Waals surface area contributed by atoms with E-state index in [9.17, 15) is 9.18 Å². The Kier molecular flexibility index (Phi) is 3.36. The number of halogens is 1. The number of carbonyl (C=O) groups is 1. The van der Waals surface area contributed by atoms with Crippen molar-refractivity contribution in [3.05, 3.63) is 30.1 Å². The summed E-state index contributed by atoms with van der Waals surface area (Å²) in [5, 5.41) is 2.40. The van der Waals surface area contributed by atoms with Crippen LogP contribution < -0.4 is 11.2 Å². The van der Waals surface area contributed by atoms with E-state index in [1.807, 2.05) is 0 Å². The van der Waals surface area contributed by atoms with E-state index in [1.54, 1.807) is 6.07 Å². The van der Waals surface area contributed by atoms with Gasteiger partial charge in [-0.2, -0.15) is 0 Å². The number of carbonyl (C=O) groups excluding carboxylic acids is 1. The first-order valence-corrected chi connectivity index (χ1v) is 3.59. The lowest BCUT2D eigenvalue weighted by atomic mass is 10.3. The molecule has 0 aliphatic carbocycles. The zero-order valence-electron chi connectivity index (χ0n) is 6.79. The van der Waals surface area contributed by atoms with Gasteiger partial charge in [-0.05, 0) is 18.2 Å². The lowest BCUT2D eigenvalue weighted by Gasteiger charge is -2.03. The Labute approximate surface area is 74.4 Å². The average molecular weight is 184 g/mol. The third-order valence-electron chi connectivity index (χ3n) is 1.32. The van der Waals surface area contributed by atoms with Crippen molar-refractivity contribution in [2.75, 3.05) is 11.9 Å². The molecule has 0 fully saturated rings. The fourth-order valence-corrected chi connectivity index (χ4v) is 0.839. The standard InChI is InChI=1S/C8H9FN2O2/c9-6-2-1-3-7(4-6)11-8(12)5-13-10/h1-4H,5,10H2,(H,11,12). The molecule has 1 rings (SSSR count). The zero-order valence-corrected chi connectivity index (χ0v) is 6.79. The summed E-state index contributed by atoms with van der Waals surface area (Å²) in [5.74, 6) is 3.84. The number of benzene rings is 1. The molecule has 3 N–H and O–H groups in total. The molecule has 4 nitrogen and oxygen atoms in total. The van der Waals surface area contributed by atoms with Crippen LogP contribution in [-0.4, -0.2) is 12.5 Å². The molecule has 0 saturated heterocycles. The maximum Gasteiger partial charge on any atom is 0.252 e. The molecule has 0 radical (unpaired) electrons. The van der Waals surface area contributed by atoms with Gasteiger partial charge < -0.3 is 5.32 Å². The molecule has 1 amide bonds. The number of rotatable bonds is 3. The molecule has 70 valence electrons. The summed E-state index contributed by atoms with van der Waals surface area (Å²) < 4.78 is 12.6. The van der Waals surface area contributed by atoms with E-state index in [2.05, 4.69) is 16.1 Å². The molecule has 13 heavy (non-hydrogen) atoms. The predicted molar refractivity (Wildman–Crippen MR) is 45.2 cm³/mol. The molecule has 0 unspecified atom stereocenters. The van der Waals surface area contributed by atoms with Crippen molar-refractivity contribution in [3.8, 4) is 0 Å². The van der Waals surface area contributed by atoms with Crippen molar-refractivity contribution in [1.82, 2.24) is 0 Å². The minimum absolute atomic E-state index is 0.253. The van der Waals surface area contributed by atoms with Crippen molar-refractivity contribution >= 4 is 11.6 Å². The first-order chi connectivity index (χ1) is 6.22. The fraction of sp³-hybridized carbons (Fsp3) is 0.125. The SMILES string of the molecule is NOCC(=O)Nc1cccc(F)c1. The maximum atomic E-state index is 12.6. The topological polar surface area (TPSA) is 64.3 Å². The molecule has 0 bridgehead atoms. The molecule has 0 aliphatic heterocycles. The molecule has 1 aromatic rings. The number of anilines is 1. The highest BCUT2D eigenvalue weighted by Crippen LogP contribution is 2.08. The Bertz CT molecular complexity index is 304. The number of nitrogens with one attached hydrogen (secondary N) is 1. The maximum absolute atomic E-state index is 12.6. The van der Waals surface area contributed by atoms with E-state index >= 15 is 0 Å². The second-order valence-electron chi connectivity index (χ2n) is 2.37. The van der Waals surface area contributed by atoms with Crippen LogP contribution in [0.5, 0.6) is 0 Å². The van der Waals surface area contributed by atoms with Crippen molar-refractivity contribution in [1.29, 1.82) is 0 Å². The Balaban J connectivity index is 2.58. The summed E-state index contributed by atoms with van der Waals surface area (Å²) >= 11 is 0. The quantitative estimate of drug-likeness (QED) is 0.678. The number of amides is 1. The van der Waals surface area contributed by atoms with Crippen molar-refractivity contribution < 1.29 is 14.0 Å². The highest BCUT2D eigenvalue weighted by molar-refractivity contribution is 5.91. The lowest BCUT2D eigenvalue weighted by molar-refractivity contribution is -0.120. The van der Waals surface area contributed by atoms with Gasteiger partial charge in [0.05, 0.1) is 0 Å². The number of nitrogens with two attached hydrogens (primary N) is 1. The monoisotopic (exact) mass is 184 g/mol. The largest absolute Gasteiger partial charge is 0.324 e. The van der Waals surface area contributed by atoms with E-state index in [1.165, 1.54) is 18.2 Å². The average Bonchev–Trinajstić information content (AvgIpc) is 2.04. The molecular weight excluding hydrogens is 175 g/mol. The van der Waals surface area contributed by atoms with Gasteiger partial charge in [0.1, 0.15) is 12.4 Å². The molecule has 0 aliphatic rings.